The van der Waals surface area contributed by atoms with Crippen molar-refractivity contribution in [3.05, 3.63) is 137 Å². The van der Waals surface area contributed by atoms with Crippen LogP contribution in [0.15, 0.2) is 142 Å². The van der Waals surface area contributed by atoms with Gasteiger partial charge in [-0.15, -0.1) is 5.73 Å². The zero-order valence-corrected chi connectivity index (χ0v) is 23.5. The summed E-state index contributed by atoms with van der Waals surface area (Å²) in [6, 6.07) is 16.0. The second kappa shape index (κ2) is 11.7. The Balaban J connectivity index is 1.19. The maximum Gasteiger partial charge on any atom is 0.119 e. The Labute approximate surface area is 246 Å². The molecule has 0 bridgehead atoms. The highest BCUT2D eigenvalue weighted by Crippen LogP contribution is 2.43. The lowest BCUT2D eigenvalue weighted by Crippen LogP contribution is -2.19. The first-order valence-corrected chi connectivity index (χ1v) is 14.4. The van der Waals surface area contributed by atoms with E-state index in [1.54, 1.807) is 0 Å². The van der Waals surface area contributed by atoms with Crippen LogP contribution in [-0.2, 0) is 9.47 Å². The van der Waals surface area contributed by atoms with Gasteiger partial charge in [0.25, 0.3) is 0 Å². The number of benzene rings is 2. The Morgan fingerprint density at radius 3 is 2.14 bits per heavy atom. The molecule has 2 aromatic rings. The molecule has 6 nitrogen and oxygen atoms in total. The van der Waals surface area contributed by atoms with Crippen LogP contribution in [0.2, 0.25) is 0 Å². The van der Waals surface area contributed by atoms with Crippen LogP contribution in [0.3, 0.4) is 0 Å². The summed E-state index contributed by atoms with van der Waals surface area (Å²) in [7, 11) is 0. The van der Waals surface area contributed by atoms with Gasteiger partial charge in [0.05, 0.1) is 30.8 Å². The maximum atomic E-state index is 5.86. The molecule has 6 heteroatoms. The van der Waals surface area contributed by atoms with Crippen molar-refractivity contribution in [3.63, 3.8) is 0 Å². The molecule has 3 aliphatic carbocycles. The third-order valence-corrected chi connectivity index (χ3v) is 7.60. The Hall–Kier alpha value is -4.61. The lowest BCUT2D eigenvalue weighted by atomic mass is 9.72. The highest BCUT2D eigenvalue weighted by Gasteiger charge is 2.30. The van der Waals surface area contributed by atoms with Crippen molar-refractivity contribution in [2.75, 3.05) is 31.4 Å². The van der Waals surface area contributed by atoms with Crippen molar-refractivity contribution in [1.29, 1.82) is 0 Å². The summed E-state index contributed by atoms with van der Waals surface area (Å²) < 4.78 is 22.3. The Morgan fingerprint density at radius 2 is 1.55 bits per heavy atom. The van der Waals surface area contributed by atoms with E-state index in [4.69, 9.17) is 24.0 Å². The average Bonchev–Trinajstić information content (AvgIpc) is 3.97. The zero-order valence-electron chi connectivity index (χ0n) is 23.5. The fraction of sp³-hybridized carbons (Fsp3) is 0.222. The van der Waals surface area contributed by atoms with Gasteiger partial charge in [-0.3, -0.25) is 0 Å². The van der Waals surface area contributed by atoms with E-state index in [0.717, 1.165) is 41.7 Å². The van der Waals surface area contributed by atoms with Gasteiger partial charge in [-0.2, -0.15) is 5.10 Å². The quantitative estimate of drug-likeness (QED) is 0.130. The monoisotopic (exact) mass is 556 g/mol. The van der Waals surface area contributed by atoms with E-state index in [-0.39, 0.29) is 18.1 Å². The van der Waals surface area contributed by atoms with Crippen LogP contribution in [0.25, 0.3) is 0 Å². The van der Waals surface area contributed by atoms with Crippen molar-refractivity contribution < 1.29 is 18.9 Å². The average molecular weight is 557 g/mol. The number of hydrogen-bond acceptors (Lipinski definition) is 6. The number of rotatable bonds is 11. The number of ether oxygens (including phenoxy) is 4. The first-order valence-electron chi connectivity index (χ1n) is 14.4. The number of hydrazone groups is 1. The Bertz CT molecular complexity index is 1560. The number of hydrogen-bond donors (Lipinski definition) is 0. The van der Waals surface area contributed by atoms with Gasteiger partial charge in [0.15, 0.2) is 0 Å². The number of allylic oxidation sites excluding steroid dienone is 13. The molecule has 7 rings (SSSR count). The van der Waals surface area contributed by atoms with Gasteiger partial charge in [0.1, 0.15) is 36.9 Å². The molecule has 210 valence electrons. The van der Waals surface area contributed by atoms with Gasteiger partial charge in [-0.05, 0) is 78.3 Å². The topological polar surface area (TPSA) is 59.1 Å². The van der Waals surface area contributed by atoms with Crippen LogP contribution in [0, 0.1) is 5.92 Å². The minimum absolute atomic E-state index is 0.148. The zero-order chi connectivity index (χ0) is 28.3. The third-order valence-electron chi connectivity index (χ3n) is 7.60. The largest absolute Gasteiger partial charge is 0.491 e. The molecule has 0 aromatic heterocycles. The van der Waals surface area contributed by atoms with Crippen LogP contribution < -0.4 is 14.5 Å². The van der Waals surface area contributed by atoms with Crippen LogP contribution in [0.4, 0.5) is 11.4 Å². The van der Waals surface area contributed by atoms with Gasteiger partial charge in [-0.1, -0.05) is 48.6 Å². The SMILES string of the molecule is C/C=C\C=C1\C=CC2=CC=CC3=C(C=NN(c4ccc(OCC5CO5)cc4)c4ccc(OCC5CO5)cc4)C=C=C1C23. The minimum Gasteiger partial charge on any atom is -0.491 e. The molecule has 3 atom stereocenters. The van der Waals surface area contributed by atoms with Gasteiger partial charge in [0.2, 0.25) is 0 Å². The maximum absolute atomic E-state index is 5.86. The van der Waals surface area contributed by atoms with Crippen molar-refractivity contribution in [3.8, 4) is 11.5 Å². The lowest BCUT2D eigenvalue weighted by molar-refractivity contribution is 0.263. The van der Waals surface area contributed by atoms with E-state index in [0.29, 0.717) is 13.2 Å². The third kappa shape index (κ3) is 5.88. The molecule has 0 spiro atoms. The number of anilines is 2. The van der Waals surface area contributed by atoms with E-state index in [9.17, 15) is 0 Å². The van der Waals surface area contributed by atoms with Crippen LogP contribution in [0.1, 0.15) is 6.92 Å². The first-order chi connectivity index (χ1) is 20.7. The molecule has 2 fully saturated rings. The van der Waals surface area contributed by atoms with Crippen LogP contribution in [-0.4, -0.2) is 44.9 Å². The van der Waals surface area contributed by atoms with Gasteiger partial charge in [-0.25, -0.2) is 5.01 Å². The van der Waals surface area contributed by atoms with Gasteiger partial charge in [0, 0.05) is 17.1 Å². The second-order valence-electron chi connectivity index (χ2n) is 10.6. The summed E-state index contributed by atoms with van der Waals surface area (Å²) >= 11 is 0. The van der Waals surface area contributed by atoms with Gasteiger partial charge >= 0.3 is 0 Å². The second-order valence-corrected chi connectivity index (χ2v) is 10.6. The molecule has 2 heterocycles. The summed E-state index contributed by atoms with van der Waals surface area (Å²) in [6.45, 7) is 4.71. The molecule has 42 heavy (non-hydrogen) atoms. The molecule has 0 amide bonds. The predicted molar refractivity (Wildman–Crippen MR) is 165 cm³/mol. The molecule has 0 radical (unpaired) electrons. The normalized spacial score (nSPS) is 24.2. The van der Waals surface area contributed by atoms with E-state index in [1.165, 1.54) is 22.3 Å². The lowest BCUT2D eigenvalue weighted by Gasteiger charge is -2.31. The summed E-state index contributed by atoms with van der Waals surface area (Å²) in [6.07, 6.45) is 21.5. The molecule has 2 saturated heterocycles. The number of epoxide rings is 2. The van der Waals surface area contributed by atoms with Crippen LogP contribution >= 0.6 is 0 Å². The highest BCUT2D eigenvalue weighted by atomic mass is 16.6. The van der Waals surface area contributed by atoms with Crippen molar-refractivity contribution >= 4 is 17.6 Å². The van der Waals surface area contributed by atoms with E-state index < -0.39 is 0 Å². The van der Waals surface area contributed by atoms with Crippen molar-refractivity contribution in [1.82, 2.24) is 0 Å². The van der Waals surface area contributed by atoms with Crippen molar-refractivity contribution in [2.24, 2.45) is 11.0 Å². The summed E-state index contributed by atoms with van der Waals surface area (Å²) in [4.78, 5) is 0. The fourth-order valence-electron chi connectivity index (χ4n) is 5.15. The molecule has 0 N–H and O–H groups in total. The molecule has 2 aliphatic heterocycles. The van der Waals surface area contributed by atoms with E-state index in [2.05, 4.69) is 48.3 Å². The summed E-state index contributed by atoms with van der Waals surface area (Å²) in [5.41, 5.74) is 11.3. The smallest absolute Gasteiger partial charge is 0.119 e. The first kappa shape index (κ1) is 26.3. The van der Waals surface area contributed by atoms with E-state index >= 15 is 0 Å². The van der Waals surface area contributed by atoms with Crippen molar-refractivity contribution in [2.45, 2.75) is 19.1 Å². The highest BCUT2D eigenvalue weighted by molar-refractivity contribution is 5.88. The summed E-state index contributed by atoms with van der Waals surface area (Å²) in [5, 5.41) is 6.95. The minimum atomic E-state index is 0.148. The number of nitrogens with zero attached hydrogens (tertiary/aromatic N) is 2. The standard InChI is InChI=1S/C36H32N2O4/c1-2-3-5-25-8-9-26-6-4-7-34-27(10-19-35(25)36(26)34)20-37-38(28-11-15-30(16-12-28)39-21-32-23-41-32)29-13-17-31(18-14-29)40-22-33-24-42-33/h2-18,20,32-33,36H,21-24H2,1H3/b3-2-,25-5-,37-20?. The molecule has 2 aromatic carbocycles. The van der Waals surface area contributed by atoms with Crippen LogP contribution in [0.5, 0.6) is 11.5 Å². The fourth-order valence-corrected chi connectivity index (χ4v) is 5.15. The Kier molecular flexibility index (Phi) is 7.33. The molecule has 5 aliphatic rings. The molecular weight excluding hydrogens is 524 g/mol. The molecular formula is C36H32N2O4. The Morgan fingerprint density at radius 1 is 0.905 bits per heavy atom. The van der Waals surface area contributed by atoms with E-state index in [1.807, 2.05) is 78.8 Å². The van der Waals surface area contributed by atoms with Gasteiger partial charge < -0.3 is 18.9 Å². The molecule has 0 saturated carbocycles. The predicted octanol–water partition coefficient (Wildman–Crippen LogP) is 6.94. The molecule has 3 unspecified atom stereocenters. The summed E-state index contributed by atoms with van der Waals surface area (Å²) in [5.74, 6) is 1.76.